The van der Waals surface area contributed by atoms with Crippen molar-refractivity contribution in [1.29, 1.82) is 0 Å². The summed E-state index contributed by atoms with van der Waals surface area (Å²) in [5.41, 5.74) is 1.24. The number of carbonyl (C=O) groups is 1. The number of amides is 2. The predicted molar refractivity (Wildman–Crippen MR) is 76.1 cm³/mol. The molecular weight excluding hydrogens is 244 g/mol. The van der Waals surface area contributed by atoms with Crippen LogP contribution in [0.1, 0.15) is 54.0 Å². The topological polar surface area (TPSA) is 41.1 Å². The number of aryl methyl sites for hydroxylation is 2. The molecule has 2 rings (SSSR count). The van der Waals surface area contributed by atoms with Crippen molar-refractivity contribution < 1.29 is 4.79 Å². The van der Waals surface area contributed by atoms with Crippen molar-refractivity contribution in [3.05, 3.63) is 21.4 Å². The number of thiophene rings is 1. The van der Waals surface area contributed by atoms with E-state index in [1.54, 1.807) is 11.3 Å². The van der Waals surface area contributed by atoms with Crippen LogP contribution in [0.5, 0.6) is 0 Å². The number of nitrogens with one attached hydrogen (secondary N) is 2. The average Bonchev–Trinajstić information content (AvgIpc) is 2.88. The molecule has 1 aliphatic rings. The van der Waals surface area contributed by atoms with Gasteiger partial charge >= 0.3 is 6.03 Å². The van der Waals surface area contributed by atoms with Gasteiger partial charge in [0.2, 0.25) is 0 Å². The third-order valence-corrected chi connectivity index (χ3v) is 4.57. The van der Waals surface area contributed by atoms with Crippen molar-refractivity contribution in [2.45, 2.75) is 58.5 Å². The van der Waals surface area contributed by atoms with Crippen molar-refractivity contribution >= 4 is 17.4 Å². The summed E-state index contributed by atoms with van der Waals surface area (Å²) in [6.45, 7) is 6.26. The number of carbonyl (C=O) groups excluding carboxylic acids is 1. The zero-order chi connectivity index (χ0) is 13.1. The van der Waals surface area contributed by atoms with Gasteiger partial charge in [0.15, 0.2) is 0 Å². The van der Waals surface area contributed by atoms with E-state index in [0.717, 1.165) is 12.8 Å². The molecule has 1 aromatic heterocycles. The monoisotopic (exact) mass is 266 g/mol. The van der Waals surface area contributed by atoms with E-state index in [2.05, 4.69) is 30.5 Å². The van der Waals surface area contributed by atoms with Crippen LogP contribution in [-0.2, 0) is 0 Å². The van der Waals surface area contributed by atoms with Gasteiger partial charge in [-0.2, -0.15) is 0 Å². The van der Waals surface area contributed by atoms with Gasteiger partial charge in [0.25, 0.3) is 0 Å². The first-order valence-corrected chi connectivity index (χ1v) is 7.52. The molecule has 3 nitrogen and oxygen atoms in total. The van der Waals surface area contributed by atoms with Crippen molar-refractivity contribution in [3.63, 3.8) is 0 Å². The molecule has 1 heterocycles. The van der Waals surface area contributed by atoms with E-state index in [0.29, 0.717) is 6.04 Å². The Morgan fingerprint density at radius 2 is 2.06 bits per heavy atom. The lowest BCUT2D eigenvalue weighted by Crippen LogP contribution is -2.41. The Labute approximate surface area is 113 Å². The molecule has 0 aliphatic heterocycles. The lowest BCUT2D eigenvalue weighted by atomic mass is 10.1. The van der Waals surface area contributed by atoms with Gasteiger partial charge < -0.3 is 10.6 Å². The minimum Gasteiger partial charge on any atom is -0.335 e. The third-order valence-electron chi connectivity index (χ3n) is 3.58. The van der Waals surface area contributed by atoms with E-state index in [1.165, 1.54) is 28.2 Å². The Morgan fingerprint density at radius 1 is 1.39 bits per heavy atom. The van der Waals surface area contributed by atoms with Crippen LogP contribution in [0.4, 0.5) is 4.79 Å². The van der Waals surface area contributed by atoms with Crippen LogP contribution in [0.25, 0.3) is 0 Å². The molecule has 1 saturated carbocycles. The molecule has 0 aromatic carbocycles. The first kappa shape index (κ1) is 13.4. The Hall–Kier alpha value is -1.03. The van der Waals surface area contributed by atoms with Gasteiger partial charge in [0.05, 0.1) is 6.04 Å². The predicted octanol–water partition coefficient (Wildman–Crippen LogP) is 3.67. The van der Waals surface area contributed by atoms with Gasteiger partial charge in [-0.15, -0.1) is 11.3 Å². The number of urea groups is 1. The lowest BCUT2D eigenvalue weighted by Gasteiger charge is -2.17. The number of hydrogen-bond acceptors (Lipinski definition) is 2. The van der Waals surface area contributed by atoms with Crippen LogP contribution < -0.4 is 10.6 Å². The molecule has 1 atom stereocenters. The summed E-state index contributed by atoms with van der Waals surface area (Å²) in [5.74, 6) is 0. The quantitative estimate of drug-likeness (QED) is 0.861. The summed E-state index contributed by atoms with van der Waals surface area (Å²) in [5, 5.41) is 6.09. The minimum absolute atomic E-state index is 0.0300. The fraction of sp³-hybridized carbons (Fsp3) is 0.643. The van der Waals surface area contributed by atoms with Gasteiger partial charge in [0, 0.05) is 15.8 Å². The Morgan fingerprint density at radius 3 is 2.61 bits per heavy atom. The highest BCUT2D eigenvalue weighted by atomic mass is 32.1. The van der Waals surface area contributed by atoms with E-state index >= 15 is 0 Å². The summed E-state index contributed by atoms with van der Waals surface area (Å²) in [6, 6.07) is 2.59. The summed E-state index contributed by atoms with van der Waals surface area (Å²) in [6.07, 6.45) is 4.73. The van der Waals surface area contributed by atoms with E-state index in [4.69, 9.17) is 0 Å². The normalized spacial score (nSPS) is 17.7. The fourth-order valence-electron chi connectivity index (χ4n) is 2.65. The van der Waals surface area contributed by atoms with E-state index < -0.39 is 0 Å². The van der Waals surface area contributed by atoms with Crippen LogP contribution in [0, 0.1) is 13.8 Å². The second kappa shape index (κ2) is 5.74. The highest BCUT2D eigenvalue weighted by Gasteiger charge is 2.19. The first-order chi connectivity index (χ1) is 8.56. The molecule has 1 fully saturated rings. The summed E-state index contributed by atoms with van der Waals surface area (Å²) < 4.78 is 0. The van der Waals surface area contributed by atoms with E-state index in [1.807, 2.05) is 6.92 Å². The second-order valence-electron chi connectivity index (χ2n) is 5.19. The average molecular weight is 266 g/mol. The van der Waals surface area contributed by atoms with Gasteiger partial charge in [-0.3, -0.25) is 0 Å². The highest BCUT2D eigenvalue weighted by molar-refractivity contribution is 7.12. The SMILES string of the molecule is Cc1cc(C(C)NC(=O)NC2CCCC2)c(C)s1. The van der Waals surface area contributed by atoms with Crippen molar-refractivity contribution in [2.24, 2.45) is 0 Å². The molecule has 2 N–H and O–H groups in total. The maximum absolute atomic E-state index is 11.9. The molecule has 18 heavy (non-hydrogen) atoms. The second-order valence-corrected chi connectivity index (χ2v) is 6.65. The fourth-order valence-corrected chi connectivity index (χ4v) is 3.67. The zero-order valence-corrected chi connectivity index (χ0v) is 12.2. The standard InChI is InChI=1S/C14H22N2OS/c1-9-8-13(11(3)18-9)10(2)15-14(17)16-12-6-4-5-7-12/h8,10,12H,4-7H2,1-3H3,(H2,15,16,17). The molecule has 100 valence electrons. The summed E-state index contributed by atoms with van der Waals surface area (Å²) >= 11 is 1.79. The maximum Gasteiger partial charge on any atom is 0.315 e. The van der Waals surface area contributed by atoms with Crippen LogP contribution in [0.3, 0.4) is 0 Å². The Bertz CT molecular complexity index is 421. The Kier molecular flexibility index (Phi) is 4.27. The molecule has 1 aromatic rings. The molecular formula is C14H22N2OS. The van der Waals surface area contributed by atoms with Gasteiger partial charge in [-0.25, -0.2) is 4.79 Å². The molecule has 2 amide bonds. The number of hydrogen-bond donors (Lipinski definition) is 2. The largest absolute Gasteiger partial charge is 0.335 e. The van der Waals surface area contributed by atoms with Crippen molar-refractivity contribution in [1.82, 2.24) is 10.6 Å². The van der Waals surface area contributed by atoms with Crippen LogP contribution >= 0.6 is 11.3 Å². The van der Waals surface area contributed by atoms with Crippen LogP contribution in [-0.4, -0.2) is 12.1 Å². The Balaban J connectivity index is 1.88. The smallest absolute Gasteiger partial charge is 0.315 e. The molecule has 0 radical (unpaired) electrons. The summed E-state index contributed by atoms with van der Waals surface area (Å²) in [4.78, 5) is 14.5. The van der Waals surface area contributed by atoms with Crippen molar-refractivity contribution in [2.75, 3.05) is 0 Å². The number of rotatable bonds is 3. The first-order valence-electron chi connectivity index (χ1n) is 6.70. The van der Waals surface area contributed by atoms with Gasteiger partial charge in [-0.1, -0.05) is 12.8 Å². The van der Waals surface area contributed by atoms with Crippen molar-refractivity contribution in [3.8, 4) is 0 Å². The minimum atomic E-state index is -0.0300. The molecule has 0 spiro atoms. The van der Waals surface area contributed by atoms with Crippen LogP contribution in [0.2, 0.25) is 0 Å². The summed E-state index contributed by atoms with van der Waals surface area (Å²) in [7, 11) is 0. The van der Waals surface area contributed by atoms with Gasteiger partial charge in [-0.05, 0) is 45.2 Å². The van der Waals surface area contributed by atoms with Gasteiger partial charge in [0.1, 0.15) is 0 Å². The lowest BCUT2D eigenvalue weighted by molar-refractivity contribution is 0.234. The zero-order valence-electron chi connectivity index (χ0n) is 11.4. The van der Waals surface area contributed by atoms with Crippen LogP contribution in [0.15, 0.2) is 6.07 Å². The van der Waals surface area contributed by atoms with E-state index in [-0.39, 0.29) is 12.1 Å². The molecule has 1 aliphatic carbocycles. The maximum atomic E-state index is 11.9. The molecule has 1 unspecified atom stereocenters. The third kappa shape index (κ3) is 3.25. The molecule has 4 heteroatoms. The molecule has 0 saturated heterocycles. The van der Waals surface area contributed by atoms with E-state index in [9.17, 15) is 4.79 Å². The molecule has 0 bridgehead atoms. The highest BCUT2D eigenvalue weighted by Crippen LogP contribution is 2.26.